The summed E-state index contributed by atoms with van der Waals surface area (Å²) >= 11 is 0. The third-order valence-electron chi connectivity index (χ3n) is 1.83. The van der Waals surface area contributed by atoms with Crippen molar-refractivity contribution in [2.75, 3.05) is 19.8 Å². The van der Waals surface area contributed by atoms with Crippen LogP contribution in [-0.2, 0) is 4.74 Å². The van der Waals surface area contributed by atoms with Crippen molar-refractivity contribution in [3.63, 3.8) is 0 Å². The van der Waals surface area contributed by atoms with Gasteiger partial charge in [0.25, 0.3) is 0 Å². The van der Waals surface area contributed by atoms with Crippen molar-refractivity contribution >= 4 is 6.03 Å². The summed E-state index contributed by atoms with van der Waals surface area (Å²) in [7, 11) is 0. The summed E-state index contributed by atoms with van der Waals surface area (Å²) in [5.74, 6) is 0. The first kappa shape index (κ1) is 9.32. The molecule has 1 aliphatic rings. The van der Waals surface area contributed by atoms with Crippen molar-refractivity contribution in [1.82, 2.24) is 10.6 Å². The van der Waals surface area contributed by atoms with E-state index in [2.05, 4.69) is 10.6 Å². The molecule has 0 bridgehead atoms. The number of nitrogens with one attached hydrogen (secondary N) is 2. The molecule has 70 valence electrons. The van der Waals surface area contributed by atoms with Crippen molar-refractivity contribution < 1.29 is 9.53 Å². The van der Waals surface area contributed by atoms with Gasteiger partial charge in [-0.15, -0.1) is 0 Å². The van der Waals surface area contributed by atoms with Crippen LogP contribution in [0.15, 0.2) is 0 Å². The Bertz CT molecular complexity index is 144. The Morgan fingerprint density at radius 2 is 2.50 bits per heavy atom. The van der Waals surface area contributed by atoms with E-state index in [1.807, 2.05) is 6.92 Å². The van der Waals surface area contributed by atoms with Crippen molar-refractivity contribution in [3.05, 3.63) is 0 Å². The van der Waals surface area contributed by atoms with Gasteiger partial charge in [0, 0.05) is 13.2 Å². The van der Waals surface area contributed by atoms with E-state index in [4.69, 9.17) is 4.74 Å². The molecule has 1 rings (SSSR count). The number of rotatable bonds is 2. The van der Waals surface area contributed by atoms with Crippen LogP contribution in [0.4, 0.5) is 4.79 Å². The minimum Gasteiger partial charge on any atom is -0.379 e. The maximum absolute atomic E-state index is 11.0. The second kappa shape index (κ2) is 4.98. The molecule has 0 spiro atoms. The molecule has 1 saturated heterocycles. The Kier molecular flexibility index (Phi) is 3.87. The highest BCUT2D eigenvalue weighted by atomic mass is 16.5. The van der Waals surface area contributed by atoms with Gasteiger partial charge in [-0.05, 0) is 19.8 Å². The predicted molar refractivity (Wildman–Crippen MR) is 46.0 cm³/mol. The maximum atomic E-state index is 11.0. The minimum absolute atomic E-state index is 0.0898. The summed E-state index contributed by atoms with van der Waals surface area (Å²) in [5.41, 5.74) is 0. The third kappa shape index (κ3) is 3.09. The van der Waals surface area contributed by atoms with E-state index in [9.17, 15) is 4.79 Å². The molecule has 1 aliphatic heterocycles. The molecular weight excluding hydrogens is 156 g/mol. The fraction of sp³-hybridized carbons (Fsp3) is 0.875. The Morgan fingerprint density at radius 3 is 3.08 bits per heavy atom. The van der Waals surface area contributed by atoms with E-state index in [0.29, 0.717) is 13.2 Å². The van der Waals surface area contributed by atoms with Gasteiger partial charge in [-0.3, -0.25) is 0 Å². The van der Waals surface area contributed by atoms with E-state index in [1.165, 1.54) is 0 Å². The number of carbonyl (C=O) groups is 1. The molecule has 12 heavy (non-hydrogen) atoms. The van der Waals surface area contributed by atoms with E-state index >= 15 is 0 Å². The molecular formula is C8H16N2O2. The van der Waals surface area contributed by atoms with E-state index in [1.54, 1.807) is 0 Å². The highest BCUT2D eigenvalue weighted by molar-refractivity contribution is 5.74. The Labute approximate surface area is 72.7 Å². The molecule has 4 heteroatoms. The van der Waals surface area contributed by atoms with Gasteiger partial charge in [0.15, 0.2) is 0 Å². The van der Waals surface area contributed by atoms with Crippen LogP contribution in [0.2, 0.25) is 0 Å². The van der Waals surface area contributed by atoms with Crippen LogP contribution >= 0.6 is 0 Å². The van der Waals surface area contributed by atoms with Crippen molar-refractivity contribution in [3.8, 4) is 0 Å². The molecule has 4 nitrogen and oxygen atoms in total. The number of urea groups is 1. The zero-order chi connectivity index (χ0) is 8.81. The Morgan fingerprint density at radius 1 is 1.67 bits per heavy atom. The highest BCUT2D eigenvalue weighted by Crippen LogP contribution is 2.04. The quantitative estimate of drug-likeness (QED) is 0.636. The van der Waals surface area contributed by atoms with Crippen molar-refractivity contribution in [2.45, 2.75) is 25.8 Å². The first-order valence-electron chi connectivity index (χ1n) is 4.45. The van der Waals surface area contributed by atoms with Crippen LogP contribution in [-0.4, -0.2) is 31.8 Å². The second-order valence-corrected chi connectivity index (χ2v) is 2.92. The number of ether oxygens (including phenoxy) is 1. The zero-order valence-corrected chi connectivity index (χ0v) is 7.43. The number of amides is 2. The summed E-state index contributed by atoms with van der Waals surface area (Å²) in [5, 5.41) is 5.53. The molecule has 1 atom stereocenters. The number of carbonyl (C=O) groups excluding carboxylic acids is 1. The van der Waals surface area contributed by atoms with Gasteiger partial charge in [0.2, 0.25) is 0 Å². The molecule has 1 fully saturated rings. The molecule has 0 aromatic rings. The molecule has 0 saturated carbocycles. The molecule has 1 heterocycles. The third-order valence-corrected chi connectivity index (χ3v) is 1.83. The largest absolute Gasteiger partial charge is 0.379 e. The monoisotopic (exact) mass is 172 g/mol. The molecule has 0 aliphatic carbocycles. The maximum Gasteiger partial charge on any atom is 0.315 e. The predicted octanol–water partition coefficient (Wildman–Crippen LogP) is 0.484. The van der Waals surface area contributed by atoms with Crippen molar-refractivity contribution in [1.29, 1.82) is 0 Å². The van der Waals surface area contributed by atoms with Gasteiger partial charge in [-0.1, -0.05) is 0 Å². The van der Waals surface area contributed by atoms with Crippen LogP contribution in [0.3, 0.4) is 0 Å². The summed E-state index contributed by atoms with van der Waals surface area (Å²) in [6.07, 6.45) is 2.06. The molecule has 0 aromatic carbocycles. The number of hydrogen-bond acceptors (Lipinski definition) is 2. The first-order chi connectivity index (χ1) is 5.83. The molecule has 2 amide bonds. The zero-order valence-electron chi connectivity index (χ0n) is 7.43. The molecule has 2 N–H and O–H groups in total. The first-order valence-corrected chi connectivity index (χ1v) is 4.45. The van der Waals surface area contributed by atoms with E-state index in [0.717, 1.165) is 19.4 Å². The lowest BCUT2D eigenvalue weighted by molar-refractivity contribution is 0.0732. The summed E-state index contributed by atoms with van der Waals surface area (Å²) < 4.78 is 5.22. The van der Waals surface area contributed by atoms with Crippen LogP contribution in [0, 0.1) is 0 Å². The minimum atomic E-state index is -0.0898. The summed E-state index contributed by atoms with van der Waals surface area (Å²) in [6.45, 7) is 4.04. The van der Waals surface area contributed by atoms with Gasteiger partial charge < -0.3 is 15.4 Å². The summed E-state index contributed by atoms with van der Waals surface area (Å²) in [4.78, 5) is 11.0. The lowest BCUT2D eigenvalue weighted by Gasteiger charge is -2.22. The smallest absolute Gasteiger partial charge is 0.315 e. The highest BCUT2D eigenvalue weighted by Gasteiger charge is 2.14. The fourth-order valence-corrected chi connectivity index (χ4v) is 1.25. The topological polar surface area (TPSA) is 50.4 Å². The van der Waals surface area contributed by atoms with Crippen LogP contribution in [0.1, 0.15) is 19.8 Å². The van der Waals surface area contributed by atoms with Gasteiger partial charge in [-0.2, -0.15) is 0 Å². The van der Waals surface area contributed by atoms with Gasteiger partial charge in [0.05, 0.1) is 12.6 Å². The van der Waals surface area contributed by atoms with E-state index in [-0.39, 0.29) is 12.1 Å². The van der Waals surface area contributed by atoms with Gasteiger partial charge in [-0.25, -0.2) is 4.79 Å². The Hall–Kier alpha value is -0.770. The normalized spacial score (nSPS) is 23.2. The fourth-order valence-electron chi connectivity index (χ4n) is 1.25. The molecule has 0 radical (unpaired) electrons. The van der Waals surface area contributed by atoms with E-state index < -0.39 is 0 Å². The average molecular weight is 172 g/mol. The van der Waals surface area contributed by atoms with Gasteiger partial charge in [0.1, 0.15) is 0 Å². The molecule has 0 aromatic heterocycles. The van der Waals surface area contributed by atoms with Crippen LogP contribution in [0.5, 0.6) is 0 Å². The van der Waals surface area contributed by atoms with Crippen LogP contribution < -0.4 is 10.6 Å². The standard InChI is InChI=1S/C8H16N2O2/c1-2-9-8(11)10-7-4-3-5-12-6-7/h7H,2-6H2,1H3,(H2,9,10,11). The van der Waals surface area contributed by atoms with Crippen molar-refractivity contribution in [2.24, 2.45) is 0 Å². The lowest BCUT2D eigenvalue weighted by atomic mass is 10.1. The second-order valence-electron chi connectivity index (χ2n) is 2.92. The Balaban J connectivity index is 2.15. The lowest BCUT2D eigenvalue weighted by Crippen LogP contribution is -2.45. The SMILES string of the molecule is CCNC(=O)NC1CCCOC1. The van der Waals surface area contributed by atoms with Crippen LogP contribution in [0.25, 0.3) is 0 Å². The summed E-state index contributed by atoms with van der Waals surface area (Å²) in [6, 6.07) is 0.110. The number of hydrogen-bond donors (Lipinski definition) is 2. The molecule has 1 unspecified atom stereocenters. The average Bonchev–Trinajstić information content (AvgIpc) is 2.06. The van der Waals surface area contributed by atoms with Gasteiger partial charge >= 0.3 is 6.03 Å².